The van der Waals surface area contributed by atoms with Crippen molar-refractivity contribution in [1.29, 1.82) is 0 Å². The number of nitrogens with one attached hydrogen (secondary N) is 1. The maximum Gasteiger partial charge on any atom is 0.416 e. The van der Waals surface area contributed by atoms with Gasteiger partial charge in [0.25, 0.3) is 5.91 Å². The van der Waals surface area contributed by atoms with E-state index in [4.69, 9.17) is 11.6 Å². The number of hydrogen-bond acceptors (Lipinski definition) is 4. The van der Waals surface area contributed by atoms with Gasteiger partial charge in [0.15, 0.2) is 5.69 Å². The number of halogens is 7. The van der Waals surface area contributed by atoms with Crippen LogP contribution in [0.3, 0.4) is 0 Å². The van der Waals surface area contributed by atoms with E-state index >= 15 is 0 Å². The van der Waals surface area contributed by atoms with Gasteiger partial charge in [0.2, 0.25) is 0 Å². The summed E-state index contributed by atoms with van der Waals surface area (Å²) < 4.78 is 80.9. The first-order valence-electron chi connectivity index (χ1n) is 10.6. The summed E-state index contributed by atoms with van der Waals surface area (Å²) in [6, 6.07) is 11.1. The Morgan fingerprint density at radius 1 is 0.919 bits per heavy atom. The third kappa shape index (κ3) is 6.08. The van der Waals surface area contributed by atoms with Crippen LogP contribution in [0.2, 0.25) is 5.02 Å². The molecule has 0 saturated heterocycles. The maximum atomic E-state index is 13.3. The normalized spacial score (nSPS) is 12.0. The maximum absolute atomic E-state index is 13.3. The van der Waals surface area contributed by atoms with E-state index in [1.807, 2.05) is 0 Å². The Bertz CT molecular complexity index is 1390. The van der Waals surface area contributed by atoms with Crippen LogP contribution in [0.4, 0.5) is 26.3 Å². The monoisotopic (exact) mass is 539 g/mol. The van der Waals surface area contributed by atoms with Gasteiger partial charge in [0, 0.05) is 29.5 Å². The molecule has 1 amide bonds. The van der Waals surface area contributed by atoms with Crippen molar-refractivity contribution in [3.63, 3.8) is 0 Å². The topological polar surface area (TPSA) is 72.7 Å². The average molecular weight is 540 g/mol. The van der Waals surface area contributed by atoms with Gasteiger partial charge in [-0.3, -0.25) is 9.78 Å². The van der Waals surface area contributed by atoms with Crippen LogP contribution in [0.25, 0.3) is 11.3 Å². The number of pyridine rings is 1. The molecule has 0 fully saturated rings. The molecule has 192 valence electrons. The number of carbonyl (C=O) groups excluding carboxylic acids is 1. The molecule has 0 atom stereocenters. The van der Waals surface area contributed by atoms with Crippen LogP contribution in [0, 0.1) is 0 Å². The Labute approximate surface area is 210 Å². The highest BCUT2D eigenvalue weighted by molar-refractivity contribution is 6.31. The van der Waals surface area contributed by atoms with E-state index in [1.54, 1.807) is 24.3 Å². The van der Waals surface area contributed by atoms with Gasteiger partial charge in [-0.25, -0.2) is 4.68 Å². The SMILES string of the molecule is O=C(NCc1ccccc1Cl)c1nnn(Cc2cc(C(F)(F)F)cc(C(F)(F)F)c2)c1-c1ccncc1. The van der Waals surface area contributed by atoms with Gasteiger partial charge in [0.1, 0.15) is 5.69 Å². The molecule has 37 heavy (non-hydrogen) atoms. The van der Waals surface area contributed by atoms with Gasteiger partial charge in [-0.2, -0.15) is 26.3 Å². The molecular weight excluding hydrogens is 524 g/mol. The summed E-state index contributed by atoms with van der Waals surface area (Å²) in [6.07, 6.45) is -7.19. The molecule has 0 aliphatic rings. The van der Waals surface area contributed by atoms with E-state index in [0.717, 1.165) is 4.68 Å². The second kappa shape index (κ2) is 10.2. The standard InChI is InChI=1S/C24H16ClF6N5O/c25-19-4-2-1-3-16(19)12-33-22(37)20-21(15-5-7-32-8-6-15)36(35-34-20)13-14-9-17(23(26,27)28)11-18(10-14)24(29,30)31/h1-11H,12-13H2,(H,33,37). The van der Waals surface area contributed by atoms with Crippen molar-refractivity contribution in [3.8, 4) is 11.3 Å². The van der Waals surface area contributed by atoms with E-state index in [9.17, 15) is 31.1 Å². The Hall–Kier alpha value is -3.93. The smallest absolute Gasteiger partial charge is 0.346 e. The van der Waals surface area contributed by atoms with Crippen LogP contribution in [0.5, 0.6) is 0 Å². The Balaban J connectivity index is 1.72. The fourth-order valence-electron chi connectivity index (χ4n) is 3.56. The molecule has 0 aliphatic heterocycles. The summed E-state index contributed by atoms with van der Waals surface area (Å²) in [5, 5.41) is 10.8. The Morgan fingerprint density at radius 2 is 1.54 bits per heavy atom. The van der Waals surface area contributed by atoms with Crippen molar-refractivity contribution in [3.05, 3.63) is 100.0 Å². The van der Waals surface area contributed by atoms with Crippen LogP contribution in [0.1, 0.15) is 32.7 Å². The van der Waals surface area contributed by atoms with Crippen molar-refractivity contribution in [2.24, 2.45) is 0 Å². The molecule has 0 bridgehead atoms. The predicted octanol–water partition coefficient (Wildman–Crippen LogP) is 6.01. The van der Waals surface area contributed by atoms with Crippen LogP contribution in [-0.4, -0.2) is 25.9 Å². The molecule has 4 rings (SSSR count). The molecule has 0 unspecified atom stereocenters. The number of nitrogens with zero attached hydrogens (tertiary/aromatic N) is 4. The quantitative estimate of drug-likeness (QED) is 0.305. The molecule has 2 heterocycles. The Morgan fingerprint density at radius 3 is 2.14 bits per heavy atom. The second-order valence-corrected chi connectivity index (χ2v) is 8.28. The van der Waals surface area contributed by atoms with Gasteiger partial charge in [-0.15, -0.1) is 5.10 Å². The van der Waals surface area contributed by atoms with Crippen LogP contribution in [0.15, 0.2) is 67.0 Å². The van der Waals surface area contributed by atoms with Crippen LogP contribution in [-0.2, 0) is 25.4 Å². The molecule has 0 spiro atoms. The molecule has 0 saturated carbocycles. The fourth-order valence-corrected chi connectivity index (χ4v) is 3.76. The van der Waals surface area contributed by atoms with E-state index in [2.05, 4.69) is 20.6 Å². The first-order valence-corrected chi connectivity index (χ1v) is 10.9. The number of amides is 1. The number of alkyl halides is 6. The second-order valence-electron chi connectivity index (χ2n) is 7.87. The third-order valence-corrected chi connectivity index (χ3v) is 5.65. The summed E-state index contributed by atoms with van der Waals surface area (Å²) >= 11 is 6.11. The van der Waals surface area contributed by atoms with E-state index in [-0.39, 0.29) is 29.6 Å². The highest BCUT2D eigenvalue weighted by Gasteiger charge is 2.37. The minimum atomic E-state index is -5.00. The fraction of sp³-hybridized carbons (Fsp3) is 0.167. The molecule has 1 N–H and O–H groups in total. The van der Waals surface area contributed by atoms with E-state index in [0.29, 0.717) is 28.3 Å². The molecule has 2 aromatic heterocycles. The molecule has 4 aromatic rings. The summed E-state index contributed by atoms with van der Waals surface area (Å²) in [5.74, 6) is -0.669. The minimum Gasteiger partial charge on any atom is -0.346 e. The van der Waals surface area contributed by atoms with Gasteiger partial charge in [-0.05, 0) is 47.5 Å². The lowest BCUT2D eigenvalue weighted by molar-refractivity contribution is -0.143. The molecule has 13 heteroatoms. The van der Waals surface area contributed by atoms with Crippen molar-refractivity contribution >= 4 is 17.5 Å². The third-order valence-electron chi connectivity index (χ3n) is 5.28. The predicted molar refractivity (Wildman–Crippen MR) is 121 cm³/mol. The largest absolute Gasteiger partial charge is 0.416 e. The summed E-state index contributed by atoms with van der Waals surface area (Å²) in [4.78, 5) is 16.9. The van der Waals surface area contributed by atoms with Crippen molar-refractivity contribution in [2.45, 2.75) is 25.4 Å². The van der Waals surface area contributed by atoms with Crippen LogP contribution >= 0.6 is 11.6 Å². The summed E-state index contributed by atoms with van der Waals surface area (Å²) in [7, 11) is 0. The molecule has 0 aliphatic carbocycles. The van der Waals surface area contributed by atoms with Gasteiger partial charge >= 0.3 is 12.4 Å². The molecule has 2 aromatic carbocycles. The minimum absolute atomic E-state index is 0.0439. The van der Waals surface area contributed by atoms with E-state index in [1.165, 1.54) is 24.5 Å². The van der Waals surface area contributed by atoms with Crippen molar-refractivity contribution in [2.75, 3.05) is 0 Å². The van der Waals surface area contributed by atoms with Gasteiger partial charge < -0.3 is 5.32 Å². The molecule has 6 nitrogen and oxygen atoms in total. The molecular formula is C24H16ClF6N5O. The lowest BCUT2D eigenvalue weighted by Gasteiger charge is -2.15. The Kier molecular flexibility index (Phi) is 7.21. The molecule has 0 radical (unpaired) electrons. The number of aromatic nitrogens is 4. The van der Waals surface area contributed by atoms with Gasteiger partial charge in [-0.1, -0.05) is 35.0 Å². The number of rotatable bonds is 6. The number of benzene rings is 2. The summed E-state index contributed by atoms with van der Waals surface area (Å²) in [5.41, 5.74) is -2.33. The average Bonchev–Trinajstić information content (AvgIpc) is 3.26. The highest BCUT2D eigenvalue weighted by Crippen LogP contribution is 2.36. The zero-order valence-electron chi connectivity index (χ0n) is 18.6. The number of carbonyl (C=O) groups is 1. The summed E-state index contributed by atoms with van der Waals surface area (Å²) in [6.45, 7) is -0.473. The zero-order chi connectivity index (χ0) is 26.8. The van der Waals surface area contributed by atoms with E-state index < -0.39 is 35.9 Å². The lowest BCUT2D eigenvalue weighted by Crippen LogP contribution is -2.24. The number of hydrogen-bond donors (Lipinski definition) is 1. The van der Waals surface area contributed by atoms with Crippen LogP contribution < -0.4 is 5.32 Å². The first kappa shape index (κ1) is 26.1. The van der Waals surface area contributed by atoms with Crippen molar-refractivity contribution < 1.29 is 31.1 Å². The van der Waals surface area contributed by atoms with Crippen molar-refractivity contribution in [1.82, 2.24) is 25.3 Å². The first-order chi connectivity index (χ1) is 17.4. The zero-order valence-corrected chi connectivity index (χ0v) is 19.4. The van der Waals surface area contributed by atoms with Gasteiger partial charge in [0.05, 0.1) is 17.7 Å². The highest BCUT2D eigenvalue weighted by atomic mass is 35.5. The lowest BCUT2D eigenvalue weighted by atomic mass is 10.0.